The van der Waals surface area contributed by atoms with Gasteiger partial charge in [0.15, 0.2) is 0 Å². The molecule has 2 fully saturated rings. The molecular weight excluding hydrogens is 398 g/mol. The van der Waals surface area contributed by atoms with Crippen LogP contribution in [-0.4, -0.2) is 62.6 Å². The molecule has 2 heterocycles. The summed E-state index contributed by atoms with van der Waals surface area (Å²) in [5.41, 5.74) is 3.88. The molecule has 2 aromatic rings. The lowest BCUT2D eigenvalue weighted by atomic mass is 9.87. The Balaban J connectivity index is 1.35. The second kappa shape index (κ2) is 11.0. The lowest BCUT2D eigenvalue weighted by molar-refractivity contribution is -0.124. The number of carbonyl (C=O) groups excluding carboxylic acids is 1. The second-order valence-corrected chi connectivity index (χ2v) is 9.41. The van der Waals surface area contributed by atoms with Crippen molar-refractivity contribution in [1.82, 2.24) is 15.1 Å². The van der Waals surface area contributed by atoms with Crippen LogP contribution in [0.4, 0.5) is 0 Å². The molecule has 2 aliphatic rings. The number of carbonyl (C=O) groups is 1. The van der Waals surface area contributed by atoms with Gasteiger partial charge >= 0.3 is 0 Å². The first-order valence-corrected chi connectivity index (χ1v) is 12.0. The van der Waals surface area contributed by atoms with Crippen LogP contribution >= 0.6 is 0 Å². The highest BCUT2D eigenvalue weighted by Gasteiger charge is 2.36. The maximum absolute atomic E-state index is 13.1. The van der Waals surface area contributed by atoms with Crippen LogP contribution in [0.1, 0.15) is 41.9 Å². The number of rotatable bonds is 8. The molecule has 0 bridgehead atoms. The lowest BCUT2D eigenvalue weighted by Crippen LogP contribution is -2.35. The van der Waals surface area contributed by atoms with Crippen LogP contribution in [0.15, 0.2) is 48.5 Å². The minimum atomic E-state index is 0.00102. The van der Waals surface area contributed by atoms with Crippen molar-refractivity contribution >= 4 is 5.91 Å². The number of nitrogens with one attached hydrogen (secondary N) is 1. The van der Waals surface area contributed by atoms with Gasteiger partial charge in [0.1, 0.15) is 5.75 Å². The fourth-order valence-electron chi connectivity index (χ4n) is 5.16. The van der Waals surface area contributed by atoms with Crippen LogP contribution in [0.3, 0.4) is 0 Å². The van der Waals surface area contributed by atoms with Crippen LogP contribution in [-0.2, 0) is 17.8 Å². The summed E-state index contributed by atoms with van der Waals surface area (Å²) in [6.45, 7) is 5.84. The van der Waals surface area contributed by atoms with Gasteiger partial charge in [-0.15, -0.1) is 0 Å². The van der Waals surface area contributed by atoms with E-state index in [4.69, 9.17) is 4.74 Å². The number of nitrogens with zero attached hydrogens (tertiary/aromatic N) is 2. The number of ether oxygens (including phenoxy) is 1. The van der Waals surface area contributed by atoms with E-state index in [2.05, 4.69) is 58.6 Å². The third kappa shape index (κ3) is 5.90. The van der Waals surface area contributed by atoms with E-state index in [9.17, 15) is 4.79 Å². The first-order valence-electron chi connectivity index (χ1n) is 12.0. The van der Waals surface area contributed by atoms with Crippen LogP contribution in [0, 0.1) is 5.92 Å². The molecule has 1 amide bonds. The molecule has 2 saturated heterocycles. The van der Waals surface area contributed by atoms with E-state index in [1.165, 1.54) is 49.0 Å². The Labute approximate surface area is 192 Å². The van der Waals surface area contributed by atoms with Crippen molar-refractivity contribution in [2.24, 2.45) is 5.92 Å². The molecule has 2 aromatic carbocycles. The zero-order chi connectivity index (χ0) is 22.3. The predicted octanol–water partition coefficient (Wildman–Crippen LogP) is 3.69. The van der Waals surface area contributed by atoms with E-state index >= 15 is 0 Å². The second-order valence-electron chi connectivity index (χ2n) is 9.41. The number of likely N-dealkylation sites (tertiary alicyclic amines) is 2. The third-order valence-electron chi connectivity index (χ3n) is 6.95. The molecule has 1 N–H and O–H groups in total. The highest BCUT2D eigenvalue weighted by Crippen LogP contribution is 2.33. The maximum Gasteiger partial charge on any atom is 0.225 e. The van der Waals surface area contributed by atoms with Crippen molar-refractivity contribution in [2.45, 2.75) is 38.1 Å². The molecular formula is C27H37N3O2. The summed E-state index contributed by atoms with van der Waals surface area (Å²) in [5, 5.41) is 3.20. The van der Waals surface area contributed by atoms with Crippen molar-refractivity contribution < 1.29 is 9.53 Å². The van der Waals surface area contributed by atoms with Crippen LogP contribution in [0.5, 0.6) is 5.75 Å². The zero-order valence-corrected chi connectivity index (χ0v) is 19.6. The molecule has 0 saturated carbocycles. The van der Waals surface area contributed by atoms with Crippen LogP contribution < -0.4 is 10.1 Å². The predicted molar refractivity (Wildman–Crippen MR) is 129 cm³/mol. The summed E-state index contributed by atoms with van der Waals surface area (Å²) in [6.07, 6.45) is 4.81. The van der Waals surface area contributed by atoms with E-state index in [-0.39, 0.29) is 17.7 Å². The van der Waals surface area contributed by atoms with E-state index in [1.54, 1.807) is 7.11 Å². The van der Waals surface area contributed by atoms with Crippen molar-refractivity contribution in [3.05, 3.63) is 65.2 Å². The average Bonchev–Trinajstić information content (AvgIpc) is 3.22. The van der Waals surface area contributed by atoms with Gasteiger partial charge in [0.25, 0.3) is 0 Å². The number of piperidine rings is 1. The Bertz CT molecular complexity index is 877. The van der Waals surface area contributed by atoms with Crippen LogP contribution in [0.25, 0.3) is 0 Å². The minimum absolute atomic E-state index is 0.00102. The fourth-order valence-corrected chi connectivity index (χ4v) is 5.16. The molecule has 2 aliphatic heterocycles. The summed E-state index contributed by atoms with van der Waals surface area (Å²) in [6, 6.07) is 17.0. The molecule has 0 aromatic heterocycles. The molecule has 172 valence electrons. The van der Waals surface area contributed by atoms with Gasteiger partial charge in [-0.3, -0.25) is 9.69 Å². The van der Waals surface area contributed by atoms with Gasteiger partial charge in [-0.25, -0.2) is 0 Å². The third-order valence-corrected chi connectivity index (χ3v) is 6.95. The zero-order valence-electron chi connectivity index (χ0n) is 19.6. The summed E-state index contributed by atoms with van der Waals surface area (Å²) in [4.78, 5) is 18.0. The van der Waals surface area contributed by atoms with Gasteiger partial charge < -0.3 is 15.0 Å². The average molecular weight is 436 g/mol. The number of amides is 1. The Morgan fingerprint density at radius 3 is 2.56 bits per heavy atom. The molecule has 4 rings (SSSR count). The van der Waals surface area contributed by atoms with E-state index in [0.29, 0.717) is 6.54 Å². The number of benzene rings is 2. The van der Waals surface area contributed by atoms with Gasteiger partial charge in [0, 0.05) is 32.1 Å². The number of methoxy groups -OCH3 is 1. The highest BCUT2D eigenvalue weighted by molar-refractivity contribution is 5.80. The minimum Gasteiger partial charge on any atom is -0.497 e. The SMILES string of the molecule is COc1ccc(CCNC(=O)[C@H]2CN(C)C[C@H]2c2cccc(CN3CCCCC3)c2)cc1. The standard InChI is InChI=1S/C27H37N3O2/c1-29-19-25(23-8-6-7-22(17-23)18-30-15-4-3-5-16-30)26(20-29)27(31)28-14-13-21-9-11-24(32-2)12-10-21/h6-12,17,25-26H,3-5,13-16,18-20H2,1-2H3,(H,28,31)/t25-,26-/m0/s1. The largest absolute Gasteiger partial charge is 0.497 e. The first kappa shape index (κ1) is 22.8. The van der Waals surface area contributed by atoms with E-state index in [0.717, 1.165) is 31.8 Å². The van der Waals surface area contributed by atoms with Crippen molar-refractivity contribution in [1.29, 1.82) is 0 Å². The maximum atomic E-state index is 13.1. The quantitative estimate of drug-likeness (QED) is 0.687. The molecule has 32 heavy (non-hydrogen) atoms. The monoisotopic (exact) mass is 435 g/mol. The molecule has 0 unspecified atom stereocenters. The lowest BCUT2D eigenvalue weighted by Gasteiger charge is -2.27. The van der Waals surface area contributed by atoms with E-state index < -0.39 is 0 Å². The summed E-state index contributed by atoms with van der Waals surface area (Å²) in [7, 11) is 3.79. The van der Waals surface area contributed by atoms with Crippen molar-refractivity contribution in [2.75, 3.05) is 46.9 Å². The molecule has 0 aliphatic carbocycles. The summed E-state index contributed by atoms with van der Waals surface area (Å²) < 4.78 is 5.22. The number of hydrogen-bond acceptors (Lipinski definition) is 4. The molecule has 2 atom stereocenters. The normalized spacial score (nSPS) is 22.1. The summed E-state index contributed by atoms with van der Waals surface area (Å²) >= 11 is 0. The van der Waals surface area contributed by atoms with Gasteiger partial charge in [-0.05, 0) is 68.2 Å². The fraction of sp³-hybridized carbons (Fsp3) is 0.519. The Kier molecular flexibility index (Phi) is 7.82. The van der Waals surface area contributed by atoms with Crippen LogP contribution in [0.2, 0.25) is 0 Å². The van der Waals surface area contributed by atoms with Gasteiger partial charge in [-0.1, -0.05) is 42.8 Å². The topological polar surface area (TPSA) is 44.8 Å². The Morgan fingerprint density at radius 2 is 1.81 bits per heavy atom. The molecule has 5 heteroatoms. The van der Waals surface area contributed by atoms with Gasteiger partial charge in [0.05, 0.1) is 13.0 Å². The Morgan fingerprint density at radius 1 is 1.03 bits per heavy atom. The van der Waals surface area contributed by atoms with E-state index in [1.807, 2.05) is 12.1 Å². The Hall–Kier alpha value is -2.37. The number of likely N-dealkylation sites (N-methyl/N-ethyl adjacent to an activating group) is 1. The van der Waals surface area contributed by atoms with Crippen molar-refractivity contribution in [3.8, 4) is 5.75 Å². The van der Waals surface area contributed by atoms with Gasteiger partial charge in [-0.2, -0.15) is 0 Å². The van der Waals surface area contributed by atoms with Gasteiger partial charge in [0.2, 0.25) is 5.91 Å². The smallest absolute Gasteiger partial charge is 0.225 e. The van der Waals surface area contributed by atoms with Crippen molar-refractivity contribution in [3.63, 3.8) is 0 Å². The summed E-state index contributed by atoms with van der Waals surface area (Å²) in [5.74, 6) is 1.29. The molecule has 0 radical (unpaired) electrons. The first-order chi connectivity index (χ1) is 15.6. The molecule has 0 spiro atoms. The number of hydrogen-bond donors (Lipinski definition) is 1. The highest BCUT2D eigenvalue weighted by atomic mass is 16.5. The molecule has 5 nitrogen and oxygen atoms in total.